The van der Waals surface area contributed by atoms with Crippen molar-refractivity contribution >= 4 is 0 Å². The van der Waals surface area contributed by atoms with Crippen LogP contribution < -0.4 is 10.5 Å². The summed E-state index contributed by atoms with van der Waals surface area (Å²) in [5, 5.41) is 0. The van der Waals surface area contributed by atoms with Crippen LogP contribution in [0.15, 0.2) is 36.4 Å². The number of hydrogen-bond donors (Lipinski definition) is 1. The monoisotopic (exact) mass is 271 g/mol. The summed E-state index contributed by atoms with van der Waals surface area (Å²) in [5.74, 6) is 0.695. The first-order valence-electron chi connectivity index (χ1n) is 6.77. The lowest BCUT2D eigenvalue weighted by Crippen LogP contribution is -2.18. The Morgan fingerprint density at radius 3 is 2.60 bits per heavy atom. The summed E-state index contributed by atoms with van der Waals surface area (Å²) in [5.41, 5.74) is 9.38. The van der Waals surface area contributed by atoms with E-state index in [1.807, 2.05) is 18.2 Å². The SMILES string of the molecule is CC1(C)COc2ccc(-c3ccc(F)c(CN)c3)cc21. The highest BCUT2D eigenvalue weighted by molar-refractivity contribution is 5.67. The summed E-state index contributed by atoms with van der Waals surface area (Å²) in [6.07, 6.45) is 0. The molecule has 1 aliphatic heterocycles. The van der Waals surface area contributed by atoms with E-state index in [9.17, 15) is 4.39 Å². The Bertz CT molecular complexity index is 664. The van der Waals surface area contributed by atoms with Gasteiger partial charge in [-0.05, 0) is 35.4 Å². The molecule has 0 radical (unpaired) electrons. The van der Waals surface area contributed by atoms with Crippen molar-refractivity contribution in [2.24, 2.45) is 5.73 Å². The summed E-state index contributed by atoms with van der Waals surface area (Å²) in [6, 6.07) is 11.2. The first-order chi connectivity index (χ1) is 9.51. The highest BCUT2D eigenvalue weighted by atomic mass is 19.1. The van der Waals surface area contributed by atoms with Crippen molar-refractivity contribution in [2.75, 3.05) is 6.61 Å². The van der Waals surface area contributed by atoms with Crippen molar-refractivity contribution in [3.63, 3.8) is 0 Å². The third-order valence-electron chi connectivity index (χ3n) is 3.90. The second kappa shape index (κ2) is 4.60. The number of nitrogens with two attached hydrogens (primary N) is 1. The molecule has 0 unspecified atom stereocenters. The van der Waals surface area contributed by atoms with Crippen LogP contribution in [0.1, 0.15) is 25.0 Å². The van der Waals surface area contributed by atoms with Crippen molar-refractivity contribution in [1.29, 1.82) is 0 Å². The van der Waals surface area contributed by atoms with Crippen LogP contribution in [0, 0.1) is 5.82 Å². The lowest BCUT2D eigenvalue weighted by atomic mass is 9.85. The van der Waals surface area contributed by atoms with Crippen LogP contribution in [0.2, 0.25) is 0 Å². The topological polar surface area (TPSA) is 35.2 Å². The minimum absolute atomic E-state index is 0.0159. The Balaban J connectivity index is 2.08. The summed E-state index contributed by atoms with van der Waals surface area (Å²) < 4.78 is 19.2. The van der Waals surface area contributed by atoms with E-state index in [0.29, 0.717) is 12.2 Å². The van der Waals surface area contributed by atoms with E-state index in [1.54, 1.807) is 6.07 Å². The van der Waals surface area contributed by atoms with Gasteiger partial charge in [0.1, 0.15) is 11.6 Å². The van der Waals surface area contributed by atoms with Gasteiger partial charge in [-0.2, -0.15) is 0 Å². The summed E-state index contributed by atoms with van der Waals surface area (Å²) >= 11 is 0. The first kappa shape index (κ1) is 13.1. The average Bonchev–Trinajstić information content (AvgIpc) is 2.75. The van der Waals surface area contributed by atoms with Crippen molar-refractivity contribution in [3.05, 3.63) is 53.3 Å². The maximum atomic E-state index is 13.5. The first-order valence-corrected chi connectivity index (χ1v) is 6.77. The lowest BCUT2D eigenvalue weighted by Gasteiger charge is -2.16. The molecule has 0 bridgehead atoms. The Kier molecular flexibility index (Phi) is 3.02. The van der Waals surface area contributed by atoms with E-state index < -0.39 is 0 Å². The van der Waals surface area contributed by atoms with E-state index in [-0.39, 0.29) is 17.8 Å². The van der Waals surface area contributed by atoms with Gasteiger partial charge >= 0.3 is 0 Å². The molecule has 3 rings (SSSR count). The Hall–Kier alpha value is -1.87. The quantitative estimate of drug-likeness (QED) is 0.905. The number of fused-ring (bicyclic) bond motifs is 1. The lowest BCUT2D eigenvalue weighted by molar-refractivity contribution is 0.291. The summed E-state index contributed by atoms with van der Waals surface area (Å²) in [7, 11) is 0. The van der Waals surface area contributed by atoms with Crippen molar-refractivity contribution in [1.82, 2.24) is 0 Å². The highest BCUT2D eigenvalue weighted by Gasteiger charge is 2.31. The number of hydrogen-bond acceptors (Lipinski definition) is 2. The van der Waals surface area contributed by atoms with Crippen LogP contribution in [-0.4, -0.2) is 6.61 Å². The van der Waals surface area contributed by atoms with Gasteiger partial charge in [-0.25, -0.2) is 4.39 Å². The zero-order valence-electron chi connectivity index (χ0n) is 11.7. The smallest absolute Gasteiger partial charge is 0.127 e. The molecule has 2 aromatic carbocycles. The maximum absolute atomic E-state index is 13.5. The van der Waals surface area contributed by atoms with Gasteiger partial charge in [0.25, 0.3) is 0 Å². The van der Waals surface area contributed by atoms with E-state index in [4.69, 9.17) is 10.5 Å². The second-order valence-corrected chi connectivity index (χ2v) is 5.89. The molecule has 0 saturated carbocycles. The number of halogens is 1. The second-order valence-electron chi connectivity index (χ2n) is 5.89. The zero-order chi connectivity index (χ0) is 14.3. The minimum atomic E-state index is -0.249. The molecule has 104 valence electrons. The molecule has 0 aliphatic carbocycles. The van der Waals surface area contributed by atoms with Gasteiger partial charge < -0.3 is 10.5 Å². The van der Waals surface area contributed by atoms with Gasteiger partial charge in [0.05, 0.1) is 6.61 Å². The third kappa shape index (κ3) is 2.08. The van der Waals surface area contributed by atoms with Gasteiger partial charge in [0, 0.05) is 23.1 Å². The van der Waals surface area contributed by atoms with Gasteiger partial charge in [-0.15, -0.1) is 0 Å². The molecular weight excluding hydrogens is 253 g/mol. The molecule has 0 atom stereocenters. The van der Waals surface area contributed by atoms with Gasteiger partial charge in [0.2, 0.25) is 0 Å². The van der Waals surface area contributed by atoms with E-state index in [2.05, 4.69) is 19.9 Å². The number of benzene rings is 2. The van der Waals surface area contributed by atoms with Gasteiger partial charge in [-0.1, -0.05) is 26.0 Å². The van der Waals surface area contributed by atoms with E-state index in [1.165, 1.54) is 11.6 Å². The Labute approximate surface area is 118 Å². The highest BCUT2D eigenvalue weighted by Crippen LogP contribution is 2.40. The Morgan fingerprint density at radius 2 is 1.85 bits per heavy atom. The maximum Gasteiger partial charge on any atom is 0.127 e. The van der Waals surface area contributed by atoms with E-state index >= 15 is 0 Å². The van der Waals surface area contributed by atoms with Crippen molar-refractivity contribution in [3.8, 4) is 16.9 Å². The molecule has 2 N–H and O–H groups in total. The molecule has 0 spiro atoms. The molecule has 0 saturated heterocycles. The van der Waals surface area contributed by atoms with Crippen LogP contribution >= 0.6 is 0 Å². The largest absolute Gasteiger partial charge is 0.492 e. The third-order valence-corrected chi connectivity index (χ3v) is 3.90. The van der Waals surface area contributed by atoms with Crippen LogP contribution in [-0.2, 0) is 12.0 Å². The van der Waals surface area contributed by atoms with Crippen LogP contribution in [0.4, 0.5) is 4.39 Å². The standard InChI is InChI=1S/C17H18FNO/c1-17(2)10-20-16-6-4-12(8-14(16)17)11-3-5-15(18)13(7-11)9-19/h3-8H,9-10,19H2,1-2H3. The molecule has 0 aromatic heterocycles. The number of ether oxygens (including phenoxy) is 1. The fourth-order valence-electron chi connectivity index (χ4n) is 2.61. The van der Waals surface area contributed by atoms with Gasteiger partial charge in [0.15, 0.2) is 0 Å². The molecule has 2 aromatic rings. The molecule has 0 fully saturated rings. The minimum Gasteiger partial charge on any atom is -0.492 e. The predicted octanol–water partition coefficient (Wildman–Crippen LogP) is 3.62. The molecule has 20 heavy (non-hydrogen) atoms. The molecule has 1 heterocycles. The molecule has 1 aliphatic rings. The van der Waals surface area contributed by atoms with Crippen molar-refractivity contribution < 1.29 is 9.13 Å². The summed E-state index contributed by atoms with van der Waals surface area (Å²) in [6.45, 7) is 5.24. The van der Waals surface area contributed by atoms with Gasteiger partial charge in [-0.3, -0.25) is 0 Å². The zero-order valence-corrected chi connectivity index (χ0v) is 11.7. The fraction of sp³-hybridized carbons (Fsp3) is 0.294. The number of rotatable bonds is 2. The normalized spacial score (nSPS) is 15.8. The van der Waals surface area contributed by atoms with Crippen LogP contribution in [0.5, 0.6) is 5.75 Å². The molecule has 2 nitrogen and oxygen atoms in total. The molecule has 3 heteroatoms. The van der Waals surface area contributed by atoms with Crippen LogP contribution in [0.3, 0.4) is 0 Å². The van der Waals surface area contributed by atoms with Crippen LogP contribution in [0.25, 0.3) is 11.1 Å². The predicted molar refractivity (Wildman–Crippen MR) is 78.2 cm³/mol. The fourth-order valence-corrected chi connectivity index (χ4v) is 2.61. The molecule has 0 amide bonds. The van der Waals surface area contributed by atoms with Crippen molar-refractivity contribution in [2.45, 2.75) is 25.8 Å². The summed E-state index contributed by atoms with van der Waals surface area (Å²) in [4.78, 5) is 0. The Morgan fingerprint density at radius 1 is 1.15 bits per heavy atom. The average molecular weight is 271 g/mol. The molecular formula is C17H18FNO. The van der Waals surface area contributed by atoms with E-state index in [0.717, 1.165) is 16.9 Å².